The minimum Gasteiger partial charge on any atom is -0.341 e. The number of hydrogen-bond acceptors (Lipinski definition) is 7. The van der Waals surface area contributed by atoms with E-state index >= 15 is 0 Å². The highest BCUT2D eigenvalue weighted by Gasteiger charge is 2.32. The number of piperidine rings is 1. The minimum absolute atomic E-state index is 0.0624. The summed E-state index contributed by atoms with van der Waals surface area (Å²) in [7, 11) is -2.23. The van der Waals surface area contributed by atoms with E-state index < -0.39 is 27.9 Å². The first-order valence-electron chi connectivity index (χ1n) is 12.9. The van der Waals surface area contributed by atoms with Crippen molar-refractivity contribution in [2.24, 2.45) is 0 Å². The van der Waals surface area contributed by atoms with E-state index in [1.54, 1.807) is 0 Å². The van der Waals surface area contributed by atoms with Crippen LogP contribution >= 0.6 is 11.3 Å². The predicted molar refractivity (Wildman–Crippen MR) is 147 cm³/mol. The Morgan fingerprint density at radius 3 is 2.39 bits per heavy atom. The van der Waals surface area contributed by atoms with Gasteiger partial charge in [0.25, 0.3) is 11.8 Å². The molecule has 12 heteroatoms. The number of thiophene rings is 1. The summed E-state index contributed by atoms with van der Waals surface area (Å²) in [5.41, 5.74) is 1.40. The maximum atomic E-state index is 13.2. The molecule has 38 heavy (non-hydrogen) atoms. The van der Waals surface area contributed by atoms with Crippen LogP contribution in [0.15, 0.2) is 29.2 Å². The molecule has 1 fully saturated rings. The number of nitrogens with zero attached hydrogens (tertiary/aromatic N) is 2. The monoisotopic (exact) mass is 561 g/mol. The molecule has 1 aromatic heterocycles. The first kappa shape index (κ1) is 28.2. The second-order valence-corrected chi connectivity index (χ2v) is 13.0. The summed E-state index contributed by atoms with van der Waals surface area (Å²) in [5, 5.41) is 7.89. The third kappa shape index (κ3) is 5.78. The van der Waals surface area contributed by atoms with E-state index in [9.17, 15) is 22.8 Å². The van der Waals surface area contributed by atoms with Gasteiger partial charge in [-0.3, -0.25) is 19.8 Å². The van der Waals surface area contributed by atoms with E-state index in [0.29, 0.717) is 36.1 Å². The number of carbonyl (C=O) groups excluding carboxylic acids is 3. The largest absolute Gasteiger partial charge is 0.341 e. The van der Waals surface area contributed by atoms with Crippen molar-refractivity contribution in [3.63, 3.8) is 0 Å². The van der Waals surface area contributed by atoms with Crippen molar-refractivity contribution in [3.8, 4) is 0 Å². The second kappa shape index (κ2) is 11.5. The summed E-state index contributed by atoms with van der Waals surface area (Å²) in [6.45, 7) is 8.03. The number of rotatable bonds is 6. The lowest BCUT2D eigenvalue weighted by atomic mass is 10.0. The molecule has 10 nitrogen and oxygen atoms in total. The van der Waals surface area contributed by atoms with Gasteiger partial charge < -0.3 is 10.6 Å². The second-order valence-electron chi connectivity index (χ2n) is 9.99. The van der Waals surface area contributed by atoms with Gasteiger partial charge in [-0.25, -0.2) is 13.2 Å². The van der Waals surface area contributed by atoms with Gasteiger partial charge in [-0.2, -0.15) is 4.31 Å². The van der Waals surface area contributed by atoms with Gasteiger partial charge in [0.05, 0.1) is 10.5 Å². The summed E-state index contributed by atoms with van der Waals surface area (Å²) in [6.07, 6.45) is 3.30. The Labute approximate surface area is 227 Å². The predicted octanol–water partition coefficient (Wildman–Crippen LogP) is 3.40. The molecule has 2 aromatic rings. The van der Waals surface area contributed by atoms with Crippen molar-refractivity contribution in [1.29, 1.82) is 0 Å². The summed E-state index contributed by atoms with van der Waals surface area (Å²) >= 11 is 1.33. The molecule has 2 aliphatic rings. The lowest BCUT2D eigenvalue weighted by molar-refractivity contribution is 0.0963. The lowest BCUT2D eigenvalue weighted by Gasteiger charge is -2.32. The number of imide groups is 1. The Morgan fingerprint density at radius 2 is 1.76 bits per heavy atom. The fourth-order valence-electron chi connectivity index (χ4n) is 4.94. The molecule has 0 saturated carbocycles. The molecular formula is C26H35N5O5S2. The zero-order valence-electron chi connectivity index (χ0n) is 22.2. The molecule has 3 N–H and O–H groups in total. The Morgan fingerprint density at radius 1 is 1.05 bits per heavy atom. The first-order valence-corrected chi connectivity index (χ1v) is 15.1. The molecule has 1 atom stereocenters. The standard InChI is InChI=1S/C26H35N5O5S2/c1-16(2)30-14-12-20-21(15-30)37-25(22(20)24(33)29-26(34)27-4)28-23(32)18-8-10-19(11-9-18)38(35,36)31-13-6-5-7-17(31)3/h8-11,16-17H,5-7,12-15H2,1-4H3,(H,28,32)(H2,27,29,33,34). The van der Waals surface area contributed by atoms with Crippen molar-refractivity contribution >= 4 is 44.2 Å². The molecule has 3 heterocycles. The Balaban J connectivity index is 1.58. The van der Waals surface area contributed by atoms with Crippen LogP contribution in [0.5, 0.6) is 0 Å². The third-order valence-corrected chi connectivity index (χ3v) is 10.4. The quantitative estimate of drug-likeness (QED) is 0.496. The van der Waals surface area contributed by atoms with Crippen LogP contribution in [-0.4, -0.2) is 67.7 Å². The number of hydrogen-bond donors (Lipinski definition) is 3. The van der Waals surface area contributed by atoms with Crippen LogP contribution in [0.1, 0.15) is 71.2 Å². The molecule has 0 spiro atoms. The molecule has 0 radical (unpaired) electrons. The number of amides is 4. The van der Waals surface area contributed by atoms with Gasteiger partial charge in [-0.05, 0) is 69.9 Å². The van der Waals surface area contributed by atoms with Gasteiger partial charge in [0, 0.05) is 49.2 Å². The molecule has 1 unspecified atom stereocenters. The highest BCUT2D eigenvalue weighted by atomic mass is 32.2. The Kier molecular flexibility index (Phi) is 8.55. The van der Waals surface area contributed by atoms with Crippen molar-refractivity contribution in [3.05, 3.63) is 45.8 Å². The lowest BCUT2D eigenvalue weighted by Crippen LogP contribution is -2.41. The highest BCUT2D eigenvalue weighted by Crippen LogP contribution is 2.38. The molecule has 0 bridgehead atoms. The summed E-state index contributed by atoms with van der Waals surface area (Å²) < 4.78 is 27.8. The van der Waals surface area contributed by atoms with Crippen LogP contribution in [0.2, 0.25) is 0 Å². The van der Waals surface area contributed by atoms with Crippen LogP contribution < -0.4 is 16.0 Å². The average molecular weight is 562 g/mol. The van der Waals surface area contributed by atoms with Crippen LogP contribution in [-0.2, 0) is 23.0 Å². The van der Waals surface area contributed by atoms with E-state index in [1.807, 2.05) is 6.92 Å². The van der Waals surface area contributed by atoms with Crippen molar-refractivity contribution in [2.45, 2.75) is 70.0 Å². The summed E-state index contributed by atoms with van der Waals surface area (Å²) in [5.74, 6) is -1.04. The molecule has 1 aromatic carbocycles. The fourth-order valence-corrected chi connectivity index (χ4v) is 7.90. The van der Waals surface area contributed by atoms with Crippen molar-refractivity contribution in [2.75, 3.05) is 25.5 Å². The molecule has 2 aliphatic heterocycles. The number of benzene rings is 1. The fraction of sp³-hybridized carbons (Fsp3) is 0.500. The summed E-state index contributed by atoms with van der Waals surface area (Å²) in [6, 6.07) is 5.49. The van der Waals surface area contributed by atoms with Gasteiger partial charge >= 0.3 is 6.03 Å². The van der Waals surface area contributed by atoms with Gasteiger partial charge in [-0.1, -0.05) is 6.42 Å². The normalized spacial score (nSPS) is 18.6. The Hall–Kier alpha value is -2.80. The molecular weight excluding hydrogens is 526 g/mol. The number of carbonyl (C=O) groups is 3. The van der Waals surface area contributed by atoms with Gasteiger partial charge in [0.2, 0.25) is 10.0 Å². The highest BCUT2D eigenvalue weighted by molar-refractivity contribution is 7.89. The number of anilines is 1. The van der Waals surface area contributed by atoms with Crippen LogP contribution in [0.3, 0.4) is 0 Å². The van der Waals surface area contributed by atoms with Gasteiger partial charge in [0.15, 0.2) is 0 Å². The smallest absolute Gasteiger partial charge is 0.321 e. The van der Waals surface area contributed by atoms with Gasteiger partial charge in [-0.15, -0.1) is 11.3 Å². The SMILES string of the molecule is CNC(=O)NC(=O)c1c(NC(=O)c2ccc(S(=O)(=O)N3CCCCC3C)cc2)sc2c1CCN(C(C)C)C2. The molecule has 0 aliphatic carbocycles. The molecule has 4 amide bonds. The third-order valence-electron chi connectivity index (χ3n) is 7.19. The zero-order valence-corrected chi connectivity index (χ0v) is 23.8. The zero-order chi connectivity index (χ0) is 27.6. The molecule has 206 valence electrons. The van der Waals surface area contributed by atoms with Crippen LogP contribution in [0, 0.1) is 0 Å². The topological polar surface area (TPSA) is 128 Å². The van der Waals surface area contributed by atoms with E-state index in [1.165, 1.54) is 47.0 Å². The van der Waals surface area contributed by atoms with Crippen LogP contribution in [0.4, 0.5) is 9.80 Å². The van der Waals surface area contributed by atoms with Gasteiger partial charge in [0.1, 0.15) is 5.00 Å². The maximum Gasteiger partial charge on any atom is 0.321 e. The number of urea groups is 1. The summed E-state index contributed by atoms with van der Waals surface area (Å²) in [4.78, 5) is 41.5. The minimum atomic E-state index is -3.65. The molecule has 4 rings (SSSR count). The number of sulfonamides is 1. The van der Waals surface area contributed by atoms with Crippen LogP contribution in [0.25, 0.3) is 0 Å². The molecule has 1 saturated heterocycles. The maximum absolute atomic E-state index is 13.2. The van der Waals surface area contributed by atoms with E-state index in [2.05, 4.69) is 34.7 Å². The number of nitrogens with one attached hydrogen (secondary N) is 3. The average Bonchev–Trinajstić information content (AvgIpc) is 3.25. The van der Waals surface area contributed by atoms with E-state index in [4.69, 9.17) is 0 Å². The first-order chi connectivity index (χ1) is 18.0. The van der Waals surface area contributed by atoms with Crippen molar-refractivity contribution < 1.29 is 22.8 Å². The van der Waals surface area contributed by atoms with E-state index in [-0.39, 0.29) is 16.5 Å². The van der Waals surface area contributed by atoms with E-state index in [0.717, 1.165) is 36.2 Å². The number of fused-ring (bicyclic) bond motifs is 1. The Bertz CT molecular complexity index is 1320. The van der Waals surface area contributed by atoms with Crippen molar-refractivity contribution in [1.82, 2.24) is 19.8 Å².